The third-order valence-corrected chi connectivity index (χ3v) is 4.48. The molecule has 24 heavy (non-hydrogen) atoms. The van der Waals surface area contributed by atoms with E-state index in [9.17, 15) is 10.1 Å². The van der Waals surface area contributed by atoms with Crippen LogP contribution in [-0.4, -0.2) is 24.7 Å². The Morgan fingerprint density at radius 3 is 2.79 bits per heavy atom. The van der Waals surface area contributed by atoms with Crippen LogP contribution in [0.4, 0.5) is 5.69 Å². The van der Waals surface area contributed by atoms with Gasteiger partial charge in [0.1, 0.15) is 17.4 Å². The molecule has 1 aliphatic carbocycles. The molecule has 1 amide bonds. The quantitative estimate of drug-likeness (QED) is 0.889. The molecule has 2 rings (SSSR count). The lowest BCUT2D eigenvalue weighted by atomic mass is 9.78. The molecule has 0 saturated heterocycles. The van der Waals surface area contributed by atoms with Crippen molar-refractivity contribution in [3.05, 3.63) is 23.8 Å². The number of amides is 1. The summed E-state index contributed by atoms with van der Waals surface area (Å²) in [6, 6.07) is 7.24. The topological polar surface area (TPSA) is 71.3 Å². The number of benzene rings is 1. The Bertz CT molecular complexity index is 636. The van der Waals surface area contributed by atoms with Crippen LogP contribution >= 0.6 is 0 Å². The lowest BCUT2D eigenvalue weighted by molar-refractivity contribution is -0.143. The van der Waals surface area contributed by atoms with Crippen LogP contribution in [-0.2, 0) is 9.53 Å². The number of rotatable bonds is 5. The first-order chi connectivity index (χ1) is 11.4. The molecule has 1 aromatic carbocycles. The highest BCUT2D eigenvalue weighted by molar-refractivity contribution is 5.97. The van der Waals surface area contributed by atoms with E-state index in [0.29, 0.717) is 22.9 Å². The molecule has 0 heterocycles. The molecule has 0 unspecified atom stereocenters. The Morgan fingerprint density at radius 2 is 2.21 bits per heavy atom. The average Bonchev–Trinajstić information content (AvgIpc) is 2.55. The van der Waals surface area contributed by atoms with E-state index in [1.165, 1.54) is 0 Å². The Morgan fingerprint density at radius 1 is 1.46 bits per heavy atom. The summed E-state index contributed by atoms with van der Waals surface area (Å²) in [7, 11) is 1.60. The number of ether oxygens (including phenoxy) is 2. The predicted octanol–water partition coefficient (Wildman–Crippen LogP) is 3.88. The number of hydrogen-bond donors (Lipinski definition) is 1. The summed E-state index contributed by atoms with van der Waals surface area (Å²) in [5.74, 6) is 0.845. The fourth-order valence-corrected chi connectivity index (χ4v) is 3.28. The minimum absolute atomic E-state index is 0.0157. The van der Waals surface area contributed by atoms with Gasteiger partial charge in [0.25, 0.3) is 5.91 Å². The van der Waals surface area contributed by atoms with Gasteiger partial charge in [-0.3, -0.25) is 4.79 Å². The van der Waals surface area contributed by atoms with Crippen LogP contribution in [0.2, 0.25) is 0 Å². The van der Waals surface area contributed by atoms with Crippen molar-refractivity contribution in [3.8, 4) is 11.8 Å². The van der Waals surface area contributed by atoms with Crippen LogP contribution < -0.4 is 10.1 Å². The van der Waals surface area contributed by atoms with Gasteiger partial charge in [0.15, 0.2) is 0 Å². The predicted molar refractivity (Wildman–Crippen MR) is 92.9 cm³/mol. The van der Waals surface area contributed by atoms with Crippen molar-refractivity contribution >= 4 is 11.6 Å². The fraction of sp³-hybridized carbons (Fsp3) is 0.579. The van der Waals surface area contributed by atoms with Crippen molar-refractivity contribution in [3.63, 3.8) is 0 Å². The zero-order valence-electron chi connectivity index (χ0n) is 14.9. The van der Waals surface area contributed by atoms with Crippen molar-refractivity contribution < 1.29 is 14.3 Å². The molecule has 130 valence electrons. The van der Waals surface area contributed by atoms with Gasteiger partial charge in [-0.2, -0.15) is 5.26 Å². The van der Waals surface area contributed by atoms with E-state index < -0.39 is 5.60 Å². The number of carbonyl (C=O) groups is 1. The Kier molecular flexibility index (Phi) is 5.84. The van der Waals surface area contributed by atoms with E-state index in [1.54, 1.807) is 25.3 Å². The highest BCUT2D eigenvalue weighted by Crippen LogP contribution is 2.36. The Labute approximate surface area is 144 Å². The number of nitrogens with one attached hydrogen (secondary N) is 1. The first-order valence-electron chi connectivity index (χ1n) is 8.47. The second-order valence-electron chi connectivity index (χ2n) is 6.84. The van der Waals surface area contributed by atoms with E-state index in [1.807, 2.05) is 13.8 Å². The van der Waals surface area contributed by atoms with Crippen molar-refractivity contribution in [1.82, 2.24) is 0 Å². The Balaban J connectivity index is 2.18. The second kappa shape index (κ2) is 7.67. The molecule has 0 radical (unpaired) electrons. The monoisotopic (exact) mass is 330 g/mol. The van der Waals surface area contributed by atoms with E-state index in [4.69, 9.17) is 9.47 Å². The minimum atomic E-state index is -0.780. The van der Waals surface area contributed by atoms with Crippen LogP contribution in [0.5, 0.6) is 5.75 Å². The fourth-order valence-electron chi connectivity index (χ4n) is 3.28. The van der Waals surface area contributed by atoms with E-state index in [0.717, 1.165) is 25.7 Å². The van der Waals surface area contributed by atoms with Gasteiger partial charge in [0.05, 0.1) is 11.7 Å². The number of nitriles is 1. The van der Waals surface area contributed by atoms with E-state index in [-0.39, 0.29) is 12.0 Å². The maximum atomic E-state index is 12.8. The molecule has 0 aromatic heterocycles. The van der Waals surface area contributed by atoms with Gasteiger partial charge in [-0.15, -0.1) is 0 Å². The molecule has 5 heteroatoms. The molecule has 2 atom stereocenters. The summed E-state index contributed by atoms with van der Waals surface area (Å²) < 4.78 is 11.2. The second-order valence-corrected chi connectivity index (χ2v) is 6.84. The van der Waals surface area contributed by atoms with Crippen molar-refractivity contribution in [2.45, 2.75) is 58.2 Å². The first-order valence-corrected chi connectivity index (χ1v) is 8.47. The normalized spacial score (nSPS) is 23.6. The number of carbonyl (C=O) groups excluding carboxylic acids is 1. The summed E-state index contributed by atoms with van der Waals surface area (Å²) >= 11 is 0. The lowest BCUT2D eigenvalue weighted by Crippen LogP contribution is -2.47. The van der Waals surface area contributed by atoms with Crippen molar-refractivity contribution in [1.29, 1.82) is 5.26 Å². The van der Waals surface area contributed by atoms with Crippen molar-refractivity contribution in [2.24, 2.45) is 5.92 Å². The zero-order chi connectivity index (χ0) is 17.7. The average molecular weight is 330 g/mol. The van der Waals surface area contributed by atoms with Crippen LogP contribution in [0.3, 0.4) is 0 Å². The summed E-state index contributed by atoms with van der Waals surface area (Å²) in [5.41, 5.74) is 0.213. The summed E-state index contributed by atoms with van der Waals surface area (Å²) in [6.45, 7) is 5.96. The molecule has 1 saturated carbocycles. The van der Waals surface area contributed by atoms with Gasteiger partial charge in [-0.05, 0) is 57.2 Å². The molecule has 1 aliphatic rings. The maximum Gasteiger partial charge on any atom is 0.256 e. The van der Waals surface area contributed by atoms with Crippen LogP contribution in [0, 0.1) is 17.2 Å². The van der Waals surface area contributed by atoms with Gasteiger partial charge < -0.3 is 14.8 Å². The molecule has 0 bridgehead atoms. The van der Waals surface area contributed by atoms with Crippen LogP contribution in [0.25, 0.3) is 0 Å². The SMILES string of the molecule is CO[C@@]1(C(=O)Nc2ccc(OC(C)C)c(C#N)c2)CCC[C@@H](C)C1. The first kappa shape index (κ1) is 18.3. The smallest absolute Gasteiger partial charge is 0.256 e. The van der Waals surface area contributed by atoms with Crippen LogP contribution in [0.15, 0.2) is 18.2 Å². The highest BCUT2D eigenvalue weighted by atomic mass is 16.5. The molecule has 1 N–H and O–H groups in total. The van der Waals surface area contributed by atoms with Crippen LogP contribution in [0.1, 0.15) is 52.0 Å². The van der Waals surface area contributed by atoms with Gasteiger partial charge in [-0.1, -0.05) is 13.3 Å². The molecule has 1 aromatic rings. The van der Waals surface area contributed by atoms with Gasteiger partial charge in [0.2, 0.25) is 0 Å². The zero-order valence-corrected chi connectivity index (χ0v) is 14.9. The standard InChI is InChI=1S/C19H26N2O3/c1-13(2)24-17-8-7-16(10-15(17)12-20)21-18(22)19(23-4)9-5-6-14(3)11-19/h7-8,10,13-14H,5-6,9,11H2,1-4H3,(H,21,22)/t14-,19+/m1/s1. The summed E-state index contributed by atoms with van der Waals surface area (Å²) in [6.07, 6.45) is 3.53. The van der Waals surface area contributed by atoms with E-state index in [2.05, 4.69) is 18.3 Å². The van der Waals surface area contributed by atoms with Gasteiger partial charge in [0, 0.05) is 12.8 Å². The van der Waals surface area contributed by atoms with Gasteiger partial charge in [-0.25, -0.2) is 0 Å². The lowest BCUT2D eigenvalue weighted by Gasteiger charge is -2.37. The number of anilines is 1. The molecular formula is C19H26N2O3. The molecule has 0 spiro atoms. The maximum absolute atomic E-state index is 12.8. The summed E-state index contributed by atoms with van der Waals surface area (Å²) in [4.78, 5) is 12.8. The number of nitrogens with zero attached hydrogens (tertiary/aromatic N) is 1. The third kappa shape index (κ3) is 4.07. The molecule has 1 fully saturated rings. The number of hydrogen-bond acceptors (Lipinski definition) is 4. The molecular weight excluding hydrogens is 304 g/mol. The van der Waals surface area contributed by atoms with Gasteiger partial charge >= 0.3 is 0 Å². The molecule has 5 nitrogen and oxygen atoms in total. The minimum Gasteiger partial charge on any atom is -0.490 e. The summed E-state index contributed by atoms with van der Waals surface area (Å²) in [5, 5.41) is 12.2. The van der Waals surface area contributed by atoms with Crippen molar-refractivity contribution in [2.75, 3.05) is 12.4 Å². The highest BCUT2D eigenvalue weighted by Gasteiger charge is 2.42. The van der Waals surface area contributed by atoms with E-state index >= 15 is 0 Å². The molecule has 0 aliphatic heterocycles. The Hall–Kier alpha value is -2.06. The largest absolute Gasteiger partial charge is 0.490 e. The third-order valence-electron chi connectivity index (χ3n) is 4.48. The number of methoxy groups -OCH3 is 1.